The number of ether oxygens (including phenoxy) is 1. The topological polar surface area (TPSA) is 102 Å². The molecule has 0 spiro atoms. The molecule has 7 nitrogen and oxygen atoms in total. The van der Waals surface area contributed by atoms with E-state index in [-0.39, 0.29) is 37.0 Å². The van der Waals surface area contributed by atoms with E-state index in [1.54, 1.807) is 53.4 Å². The molecule has 0 saturated carbocycles. The molecule has 1 heterocycles. The van der Waals surface area contributed by atoms with Crippen LogP contribution in [0.25, 0.3) is 0 Å². The Bertz CT molecular complexity index is 1010. The minimum Gasteiger partial charge on any atom is -0.480 e. The van der Waals surface area contributed by atoms with Gasteiger partial charge in [-0.2, -0.15) is 0 Å². The van der Waals surface area contributed by atoms with E-state index in [0.29, 0.717) is 23.0 Å². The zero-order valence-electron chi connectivity index (χ0n) is 16.1. The highest BCUT2D eigenvalue weighted by atomic mass is 35.5. The van der Waals surface area contributed by atoms with E-state index in [4.69, 9.17) is 22.1 Å². The van der Waals surface area contributed by atoms with Crippen LogP contribution < -0.4 is 20.7 Å². The second-order valence-corrected chi connectivity index (χ2v) is 7.04. The first kappa shape index (κ1) is 21.2. The summed E-state index contributed by atoms with van der Waals surface area (Å²) < 4.78 is 5.44. The van der Waals surface area contributed by atoms with Gasteiger partial charge in [0, 0.05) is 23.7 Å². The van der Waals surface area contributed by atoms with Crippen molar-refractivity contribution in [3.63, 3.8) is 0 Å². The number of hydrogen-bond acceptors (Lipinski definition) is 4. The van der Waals surface area contributed by atoms with E-state index < -0.39 is 11.8 Å². The van der Waals surface area contributed by atoms with Crippen molar-refractivity contribution in [2.24, 2.45) is 11.7 Å². The van der Waals surface area contributed by atoms with Gasteiger partial charge in [0.05, 0.1) is 18.0 Å². The lowest BCUT2D eigenvalue weighted by Gasteiger charge is -2.16. The van der Waals surface area contributed by atoms with Gasteiger partial charge in [-0.1, -0.05) is 35.6 Å². The molecule has 2 aromatic carbocycles. The lowest BCUT2D eigenvalue weighted by atomic mass is 10.1. The first-order valence-corrected chi connectivity index (χ1v) is 9.64. The smallest absolute Gasteiger partial charge is 0.252 e. The third-order valence-electron chi connectivity index (χ3n) is 4.56. The maximum Gasteiger partial charge on any atom is 0.252 e. The molecule has 1 saturated heterocycles. The van der Waals surface area contributed by atoms with Crippen LogP contribution >= 0.6 is 11.6 Å². The number of nitrogens with one attached hydrogen (secondary N) is 1. The molecular formula is C22H20ClN3O4. The zero-order chi connectivity index (χ0) is 21.5. The number of halogens is 1. The first-order valence-electron chi connectivity index (χ1n) is 9.26. The van der Waals surface area contributed by atoms with Gasteiger partial charge in [-0.3, -0.25) is 14.4 Å². The second kappa shape index (κ2) is 9.81. The van der Waals surface area contributed by atoms with Gasteiger partial charge in [0.1, 0.15) is 12.4 Å². The van der Waals surface area contributed by atoms with Crippen LogP contribution in [0.1, 0.15) is 16.8 Å². The number of para-hydroxylation sites is 1. The maximum absolute atomic E-state index is 12.3. The van der Waals surface area contributed by atoms with Crippen LogP contribution in [0.4, 0.5) is 5.69 Å². The SMILES string of the molecule is NC(=O)c1ccccc1OCC#CCNC(=O)[C@H]1CC(=O)N(c2ccc(Cl)cc2)C1. The minimum absolute atomic E-state index is 0.0480. The van der Waals surface area contributed by atoms with Gasteiger partial charge in [0.2, 0.25) is 11.8 Å². The number of primary amides is 1. The molecule has 0 aliphatic carbocycles. The molecule has 0 bridgehead atoms. The Morgan fingerprint density at radius 1 is 1.17 bits per heavy atom. The summed E-state index contributed by atoms with van der Waals surface area (Å²) in [6, 6.07) is 13.5. The van der Waals surface area contributed by atoms with E-state index in [1.165, 1.54) is 0 Å². The summed E-state index contributed by atoms with van der Waals surface area (Å²) in [5.74, 6) is 4.56. The number of amides is 3. The molecule has 1 aliphatic rings. The minimum atomic E-state index is -0.579. The van der Waals surface area contributed by atoms with Crippen LogP contribution in [-0.2, 0) is 9.59 Å². The van der Waals surface area contributed by atoms with E-state index in [0.717, 1.165) is 0 Å². The summed E-state index contributed by atoms with van der Waals surface area (Å²) >= 11 is 5.87. The molecule has 3 N–H and O–H groups in total. The van der Waals surface area contributed by atoms with Gasteiger partial charge in [0.15, 0.2) is 0 Å². The van der Waals surface area contributed by atoms with Gasteiger partial charge in [0.25, 0.3) is 5.91 Å². The molecule has 0 radical (unpaired) electrons. The van der Waals surface area contributed by atoms with Gasteiger partial charge in [-0.05, 0) is 36.4 Å². The summed E-state index contributed by atoms with van der Waals surface area (Å²) in [7, 11) is 0. The number of nitrogens with two attached hydrogens (primary N) is 1. The van der Waals surface area contributed by atoms with Crippen molar-refractivity contribution in [1.29, 1.82) is 0 Å². The Balaban J connectivity index is 1.45. The number of carbonyl (C=O) groups excluding carboxylic acids is 3. The highest BCUT2D eigenvalue weighted by Gasteiger charge is 2.34. The van der Waals surface area contributed by atoms with Crippen molar-refractivity contribution in [2.75, 3.05) is 24.6 Å². The van der Waals surface area contributed by atoms with Crippen LogP contribution in [0.15, 0.2) is 48.5 Å². The molecule has 3 amide bonds. The normalized spacial score (nSPS) is 15.3. The number of nitrogens with zero attached hydrogens (tertiary/aromatic N) is 1. The van der Waals surface area contributed by atoms with Crippen molar-refractivity contribution in [2.45, 2.75) is 6.42 Å². The number of anilines is 1. The third kappa shape index (κ3) is 5.31. The molecule has 154 valence electrons. The molecule has 8 heteroatoms. The summed E-state index contributed by atoms with van der Waals surface area (Å²) in [4.78, 5) is 37.5. The van der Waals surface area contributed by atoms with Crippen molar-refractivity contribution in [3.8, 4) is 17.6 Å². The lowest BCUT2D eigenvalue weighted by molar-refractivity contribution is -0.126. The summed E-state index contributed by atoms with van der Waals surface area (Å²) in [6.07, 6.45) is 0.148. The van der Waals surface area contributed by atoms with Crippen LogP contribution in [0.5, 0.6) is 5.75 Å². The van der Waals surface area contributed by atoms with E-state index in [2.05, 4.69) is 17.2 Å². The Hall–Kier alpha value is -3.50. The number of rotatable bonds is 6. The average Bonchev–Trinajstić information content (AvgIpc) is 3.13. The Kier molecular flexibility index (Phi) is 6.94. The monoisotopic (exact) mass is 425 g/mol. The Morgan fingerprint density at radius 2 is 1.90 bits per heavy atom. The van der Waals surface area contributed by atoms with E-state index in [1.807, 2.05) is 0 Å². The van der Waals surface area contributed by atoms with Crippen molar-refractivity contribution >= 4 is 35.0 Å². The maximum atomic E-state index is 12.3. The number of hydrogen-bond donors (Lipinski definition) is 2. The molecule has 2 aromatic rings. The van der Waals surface area contributed by atoms with Crippen molar-refractivity contribution in [3.05, 3.63) is 59.1 Å². The first-order chi connectivity index (χ1) is 14.5. The van der Waals surface area contributed by atoms with Gasteiger partial charge >= 0.3 is 0 Å². The zero-order valence-corrected chi connectivity index (χ0v) is 16.8. The standard InChI is InChI=1S/C22H20ClN3O4/c23-16-7-9-17(10-8-16)26-14-15(13-20(26)27)22(29)25-11-3-4-12-30-19-6-2-1-5-18(19)21(24)28/h1-2,5-10,15H,11-14H2,(H2,24,28)(H,25,29)/t15-/m0/s1. The Labute approximate surface area is 179 Å². The fourth-order valence-electron chi connectivity index (χ4n) is 3.05. The van der Waals surface area contributed by atoms with Crippen molar-refractivity contribution in [1.82, 2.24) is 5.32 Å². The summed E-state index contributed by atoms with van der Waals surface area (Å²) in [5, 5.41) is 3.30. The summed E-state index contributed by atoms with van der Waals surface area (Å²) in [6.45, 7) is 0.491. The van der Waals surface area contributed by atoms with Gasteiger partial charge in [-0.25, -0.2) is 0 Å². The van der Waals surface area contributed by atoms with Crippen molar-refractivity contribution < 1.29 is 19.1 Å². The van der Waals surface area contributed by atoms with E-state index >= 15 is 0 Å². The molecule has 3 rings (SSSR count). The fourth-order valence-corrected chi connectivity index (χ4v) is 3.18. The molecule has 0 aromatic heterocycles. The van der Waals surface area contributed by atoms with Crippen LogP contribution in [0.3, 0.4) is 0 Å². The van der Waals surface area contributed by atoms with Crippen LogP contribution in [0.2, 0.25) is 5.02 Å². The number of carbonyl (C=O) groups is 3. The molecular weight excluding hydrogens is 406 g/mol. The highest BCUT2D eigenvalue weighted by molar-refractivity contribution is 6.30. The average molecular weight is 426 g/mol. The Morgan fingerprint density at radius 3 is 2.63 bits per heavy atom. The molecule has 30 heavy (non-hydrogen) atoms. The highest BCUT2D eigenvalue weighted by Crippen LogP contribution is 2.26. The van der Waals surface area contributed by atoms with Crippen LogP contribution in [0, 0.1) is 17.8 Å². The van der Waals surface area contributed by atoms with E-state index in [9.17, 15) is 14.4 Å². The quantitative estimate of drug-likeness (QED) is 0.691. The fraction of sp³-hybridized carbons (Fsp3) is 0.227. The second-order valence-electron chi connectivity index (χ2n) is 6.60. The molecule has 1 aliphatic heterocycles. The third-order valence-corrected chi connectivity index (χ3v) is 4.81. The lowest BCUT2D eigenvalue weighted by Crippen LogP contribution is -2.33. The molecule has 1 fully saturated rings. The molecule has 1 atom stereocenters. The molecule has 0 unspecified atom stereocenters. The predicted molar refractivity (Wildman–Crippen MR) is 113 cm³/mol. The van der Waals surface area contributed by atoms with Crippen LogP contribution in [-0.4, -0.2) is 37.4 Å². The number of benzene rings is 2. The predicted octanol–water partition coefficient (Wildman–Crippen LogP) is 1.99. The largest absolute Gasteiger partial charge is 0.480 e. The summed E-state index contributed by atoms with van der Waals surface area (Å²) in [5.41, 5.74) is 6.28. The van der Waals surface area contributed by atoms with Gasteiger partial charge in [-0.15, -0.1) is 0 Å². The van der Waals surface area contributed by atoms with Gasteiger partial charge < -0.3 is 20.7 Å².